The van der Waals surface area contributed by atoms with Crippen LogP contribution in [-0.4, -0.2) is 32.2 Å². The maximum atomic E-state index is 12.3. The fourth-order valence-electron chi connectivity index (χ4n) is 3.08. The van der Waals surface area contributed by atoms with Crippen molar-refractivity contribution in [3.05, 3.63) is 71.4 Å². The third kappa shape index (κ3) is 5.16. The van der Waals surface area contributed by atoms with E-state index in [-0.39, 0.29) is 11.9 Å². The van der Waals surface area contributed by atoms with Gasteiger partial charge in [-0.1, -0.05) is 6.07 Å². The van der Waals surface area contributed by atoms with E-state index in [2.05, 4.69) is 32.6 Å². The SMILES string of the molecule is Cc1nn(C)cc1C(C)Nc1ccc(C(=O)NCCCc2ccccn2)cn1. The molecule has 3 aromatic heterocycles. The standard InChI is InChI=1S/C21H26N6O/c1-15(19-14-27(3)26-16(19)2)25-20-10-9-17(13-24-20)21(28)23-12-6-8-18-7-4-5-11-22-18/h4-5,7,9-11,13-15H,6,8,12H2,1-3H3,(H,23,28)(H,24,25). The molecule has 1 atom stereocenters. The second-order valence-electron chi connectivity index (χ2n) is 6.82. The number of nitrogens with zero attached hydrogens (tertiary/aromatic N) is 4. The molecule has 0 spiro atoms. The highest BCUT2D eigenvalue weighted by Crippen LogP contribution is 2.20. The van der Waals surface area contributed by atoms with Crippen molar-refractivity contribution in [3.8, 4) is 0 Å². The summed E-state index contributed by atoms with van der Waals surface area (Å²) in [6.45, 7) is 4.66. The van der Waals surface area contributed by atoms with Crippen molar-refractivity contribution in [2.75, 3.05) is 11.9 Å². The second-order valence-corrected chi connectivity index (χ2v) is 6.82. The van der Waals surface area contributed by atoms with E-state index in [1.807, 2.05) is 44.4 Å². The number of hydrogen-bond donors (Lipinski definition) is 2. The number of aromatic nitrogens is 4. The summed E-state index contributed by atoms with van der Waals surface area (Å²) in [5, 5.41) is 10.6. The lowest BCUT2D eigenvalue weighted by Crippen LogP contribution is -2.25. The van der Waals surface area contributed by atoms with Crippen LogP contribution in [0.25, 0.3) is 0 Å². The molecule has 0 aromatic carbocycles. The van der Waals surface area contributed by atoms with E-state index in [9.17, 15) is 4.79 Å². The molecule has 2 N–H and O–H groups in total. The molecule has 0 fully saturated rings. The highest BCUT2D eigenvalue weighted by Gasteiger charge is 2.12. The van der Waals surface area contributed by atoms with Gasteiger partial charge in [0.25, 0.3) is 5.91 Å². The average Bonchev–Trinajstić information content (AvgIpc) is 3.04. The molecule has 0 aliphatic carbocycles. The van der Waals surface area contributed by atoms with Gasteiger partial charge in [0.2, 0.25) is 0 Å². The van der Waals surface area contributed by atoms with Crippen LogP contribution < -0.4 is 10.6 Å². The quantitative estimate of drug-likeness (QED) is 0.589. The maximum absolute atomic E-state index is 12.3. The number of aryl methyl sites for hydroxylation is 3. The van der Waals surface area contributed by atoms with E-state index in [0.29, 0.717) is 12.1 Å². The Morgan fingerprint density at radius 1 is 1.21 bits per heavy atom. The van der Waals surface area contributed by atoms with Crippen molar-refractivity contribution in [2.45, 2.75) is 32.7 Å². The van der Waals surface area contributed by atoms with E-state index >= 15 is 0 Å². The zero-order chi connectivity index (χ0) is 19.9. The van der Waals surface area contributed by atoms with Crippen LogP contribution in [0.3, 0.4) is 0 Å². The molecule has 0 aliphatic heterocycles. The first-order valence-electron chi connectivity index (χ1n) is 9.44. The summed E-state index contributed by atoms with van der Waals surface area (Å²) in [4.78, 5) is 20.9. The van der Waals surface area contributed by atoms with E-state index in [4.69, 9.17) is 0 Å². The van der Waals surface area contributed by atoms with Crippen LogP contribution in [0.2, 0.25) is 0 Å². The normalized spacial score (nSPS) is 11.8. The summed E-state index contributed by atoms with van der Waals surface area (Å²) in [6.07, 6.45) is 7.07. The van der Waals surface area contributed by atoms with Gasteiger partial charge in [-0.25, -0.2) is 4.98 Å². The lowest BCUT2D eigenvalue weighted by atomic mass is 10.1. The molecule has 1 amide bonds. The van der Waals surface area contributed by atoms with Crippen molar-refractivity contribution in [2.24, 2.45) is 7.05 Å². The molecular formula is C21H26N6O. The van der Waals surface area contributed by atoms with E-state index < -0.39 is 0 Å². The van der Waals surface area contributed by atoms with Crippen LogP contribution in [0.5, 0.6) is 0 Å². The summed E-state index contributed by atoms with van der Waals surface area (Å²) < 4.78 is 1.80. The van der Waals surface area contributed by atoms with E-state index in [0.717, 1.165) is 35.6 Å². The zero-order valence-corrected chi connectivity index (χ0v) is 16.5. The molecule has 28 heavy (non-hydrogen) atoms. The minimum atomic E-state index is -0.115. The van der Waals surface area contributed by atoms with Gasteiger partial charge in [0.15, 0.2) is 0 Å². The largest absolute Gasteiger partial charge is 0.363 e. The summed E-state index contributed by atoms with van der Waals surface area (Å²) >= 11 is 0. The van der Waals surface area contributed by atoms with Crippen LogP contribution in [0.15, 0.2) is 48.9 Å². The summed E-state index contributed by atoms with van der Waals surface area (Å²) in [5.74, 6) is 0.610. The van der Waals surface area contributed by atoms with Crippen LogP contribution in [0.4, 0.5) is 5.82 Å². The number of nitrogens with one attached hydrogen (secondary N) is 2. The molecule has 0 saturated carbocycles. The molecule has 0 saturated heterocycles. The Morgan fingerprint density at radius 2 is 2.07 bits per heavy atom. The number of amides is 1. The number of hydrogen-bond acceptors (Lipinski definition) is 5. The second kappa shape index (κ2) is 9.12. The molecule has 1 unspecified atom stereocenters. The van der Waals surface area contributed by atoms with Gasteiger partial charge >= 0.3 is 0 Å². The Hall–Kier alpha value is -3.22. The average molecular weight is 378 g/mol. The molecular weight excluding hydrogens is 352 g/mol. The molecule has 3 heterocycles. The fraction of sp³-hybridized carbons (Fsp3) is 0.333. The van der Waals surface area contributed by atoms with Gasteiger partial charge < -0.3 is 10.6 Å². The molecule has 0 bridgehead atoms. The Kier molecular flexibility index (Phi) is 6.37. The van der Waals surface area contributed by atoms with Crippen LogP contribution >= 0.6 is 0 Å². The molecule has 3 rings (SSSR count). The van der Waals surface area contributed by atoms with Gasteiger partial charge in [-0.2, -0.15) is 5.10 Å². The number of pyridine rings is 2. The number of carbonyl (C=O) groups is 1. The number of rotatable bonds is 8. The molecule has 3 aromatic rings. The van der Waals surface area contributed by atoms with Gasteiger partial charge in [0.05, 0.1) is 17.3 Å². The Morgan fingerprint density at radius 3 is 2.71 bits per heavy atom. The van der Waals surface area contributed by atoms with Crippen LogP contribution in [-0.2, 0) is 13.5 Å². The predicted molar refractivity (Wildman–Crippen MR) is 109 cm³/mol. The Labute approximate surface area is 165 Å². The van der Waals surface area contributed by atoms with Gasteiger partial charge in [-0.3, -0.25) is 14.5 Å². The molecule has 146 valence electrons. The van der Waals surface area contributed by atoms with Crippen molar-refractivity contribution < 1.29 is 4.79 Å². The van der Waals surface area contributed by atoms with Crippen LogP contribution in [0, 0.1) is 6.92 Å². The zero-order valence-electron chi connectivity index (χ0n) is 16.5. The Bertz CT molecular complexity index is 904. The monoisotopic (exact) mass is 378 g/mol. The van der Waals surface area contributed by atoms with E-state index in [1.54, 1.807) is 23.1 Å². The summed E-state index contributed by atoms with van der Waals surface area (Å²) in [6, 6.07) is 9.55. The lowest BCUT2D eigenvalue weighted by Gasteiger charge is -2.14. The van der Waals surface area contributed by atoms with Gasteiger partial charge in [-0.15, -0.1) is 0 Å². The first kappa shape index (κ1) is 19.5. The highest BCUT2D eigenvalue weighted by molar-refractivity contribution is 5.94. The topological polar surface area (TPSA) is 84.7 Å². The first-order valence-corrected chi connectivity index (χ1v) is 9.44. The van der Waals surface area contributed by atoms with Gasteiger partial charge in [-0.05, 0) is 51.0 Å². The van der Waals surface area contributed by atoms with Crippen LogP contribution in [0.1, 0.15) is 46.7 Å². The molecule has 7 nitrogen and oxygen atoms in total. The number of anilines is 1. The summed E-state index contributed by atoms with van der Waals surface area (Å²) in [5.41, 5.74) is 3.70. The fourth-order valence-corrected chi connectivity index (χ4v) is 3.08. The third-order valence-corrected chi connectivity index (χ3v) is 4.53. The minimum absolute atomic E-state index is 0.0764. The smallest absolute Gasteiger partial charge is 0.252 e. The maximum Gasteiger partial charge on any atom is 0.252 e. The van der Waals surface area contributed by atoms with Crippen molar-refractivity contribution in [1.29, 1.82) is 0 Å². The van der Waals surface area contributed by atoms with Gasteiger partial charge in [0.1, 0.15) is 5.82 Å². The molecule has 0 aliphatic rings. The Balaban J connectivity index is 1.48. The van der Waals surface area contributed by atoms with Crippen molar-refractivity contribution in [1.82, 2.24) is 25.1 Å². The highest BCUT2D eigenvalue weighted by atomic mass is 16.1. The minimum Gasteiger partial charge on any atom is -0.363 e. The van der Waals surface area contributed by atoms with E-state index in [1.165, 1.54) is 0 Å². The van der Waals surface area contributed by atoms with Gasteiger partial charge in [0, 0.05) is 43.4 Å². The van der Waals surface area contributed by atoms with Crippen molar-refractivity contribution in [3.63, 3.8) is 0 Å². The molecule has 0 radical (unpaired) electrons. The predicted octanol–water partition coefficient (Wildman–Crippen LogP) is 3.05. The lowest BCUT2D eigenvalue weighted by molar-refractivity contribution is 0.0953. The summed E-state index contributed by atoms with van der Waals surface area (Å²) in [7, 11) is 1.91. The number of carbonyl (C=O) groups excluding carboxylic acids is 1. The van der Waals surface area contributed by atoms with Crippen molar-refractivity contribution >= 4 is 11.7 Å². The first-order chi connectivity index (χ1) is 13.5. The molecule has 7 heteroatoms. The third-order valence-electron chi connectivity index (χ3n) is 4.53.